The van der Waals surface area contributed by atoms with Crippen LogP contribution in [0.2, 0.25) is 0 Å². The smallest absolute Gasteiger partial charge is 0.257 e. The number of carbonyl (C=O) groups is 3. The lowest BCUT2D eigenvalue weighted by atomic mass is 10.1. The number of hydrogen-bond acceptors (Lipinski definition) is 4. The summed E-state index contributed by atoms with van der Waals surface area (Å²) in [6, 6.07) is 15.2. The number of nitrogens with zero attached hydrogens (tertiary/aromatic N) is 1. The largest absolute Gasteiger partial charge is 0.326 e. The highest BCUT2D eigenvalue weighted by Crippen LogP contribution is 2.21. The molecule has 0 saturated heterocycles. The average molecular weight is 388 g/mol. The summed E-state index contributed by atoms with van der Waals surface area (Å²) in [6.07, 6.45) is 3.06. The predicted molar refractivity (Wildman–Crippen MR) is 112 cm³/mol. The molecular weight excluding hydrogens is 368 g/mol. The van der Waals surface area contributed by atoms with Crippen molar-refractivity contribution in [1.82, 2.24) is 4.98 Å². The van der Waals surface area contributed by atoms with Crippen molar-refractivity contribution in [1.29, 1.82) is 0 Å². The number of pyridine rings is 1. The summed E-state index contributed by atoms with van der Waals surface area (Å²) in [5.74, 6) is -0.831. The Bertz CT molecular complexity index is 1060. The van der Waals surface area contributed by atoms with Crippen molar-refractivity contribution in [2.45, 2.75) is 13.8 Å². The van der Waals surface area contributed by atoms with E-state index >= 15 is 0 Å². The summed E-state index contributed by atoms with van der Waals surface area (Å²) in [7, 11) is 0. The molecule has 7 nitrogen and oxygen atoms in total. The maximum absolute atomic E-state index is 12.6. The third-order valence-electron chi connectivity index (χ3n) is 4.11. The molecule has 3 aromatic rings. The summed E-state index contributed by atoms with van der Waals surface area (Å²) in [5, 5.41) is 8.28. The molecule has 0 bridgehead atoms. The van der Waals surface area contributed by atoms with Gasteiger partial charge in [0.05, 0.1) is 5.56 Å². The van der Waals surface area contributed by atoms with Crippen LogP contribution in [0.3, 0.4) is 0 Å². The monoisotopic (exact) mass is 388 g/mol. The van der Waals surface area contributed by atoms with Gasteiger partial charge >= 0.3 is 0 Å². The highest BCUT2D eigenvalue weighted by molar-refractivity contribution is 6.07. The number of aryl methyl sites for hydroxylation is 1. The zero-order valence-electron chi connectivity index (χ0n) is 16.0. The number of aromatic nitrogens is 1. The van der Waals surface area contributed by atoms with Crippen LogP contribution in [0.5, 0.6) is 0 Å². The van der Waals surface area contributed by atoms with E-state index in [9.17, 15) is 14.4 Å². The Morgan fingerprint density at radius 3 is 2.17 bits per heavy atom. The first kappa shape index (κ1) is 19.8. The Morgan fingerprint density at radius 2 is 1.48 bits per heavy atom. The molecule has 3 amide bonds. The summed E-state index contributed by atoms with van der Waals surface area (Å²) in [5.41, 5.74) is 3.37. The van der Waals surface area contributed by atoms with Crippen LogP contribution in [0.15, 0.2) is 67.0 Å². The minimum absolute atomic E-state index is 0.186. The lowest BCUT2D eigenvalue weighted by molar-refractivity contribution is -0.114. The van der Waals surface area contributed by atoms with Crippen molar-refractivity contribution in [3.63, 3.8) is 0 Å². The van der Waals surface area contributed by atoms with Gasteiger partial charge in [-0.15, -0.1) is 0 Å². The van der Waals surface area contributed by atoms with Crippen LogP contribution in [0.25, 0.3) is 0 Å². The lowest BCUT2D eigenvalue weighted by Gasteiger charge is -2.11. The first-order valence-electron chi connectivity index (χ1n) is 8.93. The molecule has 2 aromatic carbocycles. The van der Waals surface area contributed by atoms with Crippen LogP contribution < -0.4 is 16.0 Å². The van der Waals surface area contributed by atoms with E-state index < -0.39 is 0 Å². The number of hydrogen-bond donors (Lipinski definition) is 3. The van der Waals surface area contributed by atoms with E-state index in [1.54, 1.807) is 54.7 Å². The molecule has 1 heterocycles. The SMILES string of the molecule is CC(=O)Nc1cc(NC(=O)c2cccc(NC(=O)c3cccnc3)c2)ccc1C. The van der Waals surface area contributed by atoms with Crippen molar-refractivity contribution < 1.29 is 14.4 Å². The van der Waals surface area contributed by atoms with E-state index in [-0.39, 0.29) is 17.7 Å². The summed E-state index contributed by atoms with van der Waals surface area (Å²) in [6.45, 7) is 3.29. The van der Waals surface area contributed by atoms with Crippen LogP contribution >= 0.6 is 0 Å². The van der Waals surface area contributed by atoms with Crippen molar-refractivity contribution in [2.75, 3.05) is 16.0 Å². The van der Waals surface area contributed by atoms with Crippen LogP contribution in [0, 0.1) is 6.92 Å². The summed E-state index contributed by atoms with van der Waals surface area (Å²) >= 11 is 0. The second kappa shape index (κ2) is 8.79. The van der Waals surface area contributed by atoms with Gasteiger partial charge in [-0.2, -0.15) is 0 Å². The number of rotatable bonds is 5. The Labute approximate surface area is 168 Å². The molecule has 3 N–H and O–H groups in total. The molecule has 0 unspecified atom stereocenters. The maximum Gasteiger partial charge on any atom is 0.257 e. The van der Waals surface area contributed by atoms with Gasteiger partial charge < -0.3 is 16.0 Å². The standard InChI is InChI=1S/C22H20N4O3/c1-14-8-9-19(12-20(14)24-15(2)27)26-21(28)16-5-3-7-18(11-16)25-22(29)17-6-4-10-23-13-17/h3-13H,1-2H3,(H,24,27)(H,25,29)(H,26,28). The second-order valence-electron chi connectivity index (χ2n) is 6.44. The molecule has 29 heavy (non-hydrogen) atoms. The second-order valence-corrected chi connectivity index (χ2v) is 6.44. The molecule has 0 aliphatic carbocycles. The van der Waals surface area contributed by atoms with Gasteiger partial charge in [0.2, 0.25) is 5.91 Å². The van der Waals surface area contributed by atoms with Gasteiger partial charge in [-0.25, -0.2) is 0 Å². The lowest BCUT2D eigenvalue weighted by Crippen LogP contribution is -2.15. The quantitative estimate of drug-likeness (QED) is 0.618. The summed E-state index contributed by atoms with van der Waals surface area (Å²) in [4.78, 5) is 40.1. The Kier molecular flexibility index (Phi) is 5.99. The average Bonchev–Trinajstić information content (AvgIpc) is 2.71. The topological polar surface area (TPSA) is 100 Å². The number of amides is 3. The third-order valence-corrected chi connectivity index (χ3v) is 4.11. The molecule has 7 heteroatoms. The van der Waals surface area contributed by atoms with Crippen LogP contribution in [0.1, 0.15) is 33.2 Å². The normalized spacial score (nSPS) is 10.1. The zero-order chi connectivity index (χ0) is 20.8. The molecule has 0 aliphatic rings. The van der Waals surface area contributed by atoms with Gasteiger partial charge in [0.1, 0.15) is 0 Å². The van der Waals surface area contributed by atoms with E-state index in [1.165, 1.54) is 13.1 Å². The number of benzene rings is 2. The molecule has 0 saturated carbocycles. The van der Waals surface area contributed by atoms with E-state index in [1.807, 2.05) is 13.0 Å². The number of anilines is 3. The fraction of sp³-hybridized carbons (Fsp3) is 0.0909. The Morgan fingerprint density at radius 1 is 0.793 bits per heavy atom. The Balaban J connectivity index is 1.73. The van der Waals surface area contributed by atoms with E-state index in [2.05, 4.69) is 20.9 Å². The van der Waals surface area contributed by atoms with Gasteiger partial charge in [-0.05, 0) is 55.0 Å². The fourth-order valence-electron chi connectivity index (χ4n) is 2.67. The molecular formula is C22H20N4O3. The Hall–Kier alpha value is -4.00. The van der Waals surface area contributed by atoms with Crippen LogP contribution in [-0.2, 0) is 4.79 Å². The maximum atomic E-state index is 12.6. The molecule has 0 atom stereocenters. The molecule has 0 spiro atoms. The molecule has 0 aliphatic heterocycles. The minimum atomic E-state index is -0.333. The van der Waals surface area contributed by atoms with E-state index in [4.69, 9.17) is 0 Å². The highest BCUT2D eigenvalue weighted by Gasteiger charge is 2.11. The van der Waals surface area contributed by atoms with Gasteiger partial charge in [-0.1, -0.05) is 12.1 Å². The highest BCUT2D eigenvalue weighted by atomic mass is 16.2. The van der Waals surface area contributed by atoms with Crippen molar-refractivity contribution >= 4 is 34.8 Å². The zero-order valence-corrected chi connectivity index (χ0v) is 16.0. The molecule has 146 valence electrons. The molecule has 3 rings (SSSR count). The summed E-state index contributed by atoms with van der Waals surface area (Å²) < 4.78 is 0. The molecule has 0 radical (unpaired) electrons. The van der Waals surface area contributed by atoms with E-state index in [0.29, 0.717) is 28.2 Å². The van der Waals surface area contributed by atoms with Crippen LogP contribution in [0.4, 0.5) is 17.1 Å². The minimum Gasteiger partial charge on any atom is -0.326 e. The number of carbonyl (C=O) groups excluding carboxylic acids is 3. The van der Waals surface area contributed by atoms with Crippen molar-refractivity contribution in [2.24, 2.45) is 0 Å². The predicted octanol–water partition coefficient (Wildman–Crippen LogP) is 3.85. The van der Waals surface area contributed by atoms with Crippen molar-refractivity contribution in [3.05, 3.63) is 83.7 Å². The first-order chi connectivity index (χ1) is 13.9. The fourth-order valence-corrected chi connectivity index (χ4v) is 2.67. The molecule has 1 aromatic heterocycles. The van der Waals surface area contributed by atoms with Gasteiger partial charge in [0, 0.05) is 41.9 Å². The van der Waals surface area contributed by atoms with Crippen molar-refractivity contribution in [3.8, 4) is 0 Å². The number of nitrogens with one attached hydrogen (secondary N) is 3. The van der Waals surface area contributed by atoms with Gasteiger partial charge in [0.15, 0.2) is 0 Å². The first-order valence-corrected chi connectivity index (χ1v) is 8.93. The molecule has 0 fully saturated rings. The van der Waals surface area contributed by atoms with Crippen LogP contribution in [-0.4, -0.2) is 22.7 Å². The van der Waals surface area contributed by atoms with Gasteiger partial charge in [-0.3, -0.25) is 19.4 Å². The van der Waals surface area contributed by atoms with Gasteiger partial charge in [0.25, 0.3) is 11.8 Å². The third kappa shape index (κ3) is 5.26. The van der Waals surface area contributed by atoms with E-state index in [0.717, 1.165) is 5.56 Å².